The zero-order chi connectivity index (χ0) is 16.2. The third kappa shape index (κ3) is 4.59. The maximum Gasteiger partial charge on any atom is 0.318 e. The van der Waals surface area contributed by atoms with Gasteiger partial charge in [-0.15, -0.1) is 0 Å². The number of urea groups is 1. The number of nitrogens with two attached hydrogens (primary N) is 1. The van der Waals surface area contributed by atoms with Gasteiger partial charge in [0.1, 0.15) is 5.92 Å². The van der Waals surface area contributed by atoms with Gasteiger partial charge in [-0.3, -0.25) is 9.59 Å². The van der Waals surface area contributed by atoms with Crippen LogP contribution in [0, 0.1) is 5.92 Å². The van der Waals surface area contributed by atoms with Gasteiger partial charge in [0.05, 0.1) is 19.3 Å². The number of hydrogen-bond acceptors (Lipinski definition) is 4. The highest BCUT2D eigenvalue weighted by Crippen LogP contribution is 2.21. The van der Waals surface area contributed by atoms with Crippen LogP contribution in [0.2, 0.25) is 0 Å². The van der Waals surface area contributed by atoms with Crippen molar-refractivity contribution >= 4 is 17.9 Å². The van der Waals surface area contributed by atoms with E-state index in [4.69, 9.17) is 15.6 Å². The van der Waals surface area contributed by atoms with Gasteiger partial charge in [0.25, 0.3) is 0 Å². The number of rotatable bonds is 6. The summed E-state index contributed by atoms with van der Waals surface area (Å²) in [6.07, 6.45) is -0.000178. The second-order valence-electron chi connectivity index (χ2n) is 5.79. The van der Waals surface area contributed by atoms with Gasteiger partial charge in [0.15, 0.2) is 0 Å². The Balaban J connectivity index is 2.77. The fraction of sp³-hybridized carbons (Fsp3) is 0.769. The number of ether oxygens (including phenoxy) is 1. The molecule has 2 atom stereocenters. The number of hydrogen-bond donors (Lipinski definition) is 3. The first kappa shape index (κ1) is 17.2. The second kappa shape index (κ2) is 6.75. The maximum atomic E-state index is 12.3. The number of likely N-dealkylation sites (N-methyl/N-ethyl adjacent to an activating group) is 1. The van der Waals surface area contributed by atoms with Gasteiger partial charge in [0.2, 0.25) is 5.91 Å². The average Bonchev–Trinajstić information content (AvgIpc) is 2.76. The molecule has 0 bridgehead atoms. The van der Waals surface area contributed by atoms with Crippen molar-refractivity contribution in [3.05, 3.63) is 0 Å². The number of carboxylic acid groups (broad SMARTS) is 1. The first-order valence-corrected chi connectivity index (χ1v) is 6.85. The minimum atomic E-state index is -0.986. The van der Waals surface area contributed by atoms with E-state index >= 15 is 0 Å². The molecule has 3 amide bonds. The van der Waals surface area contributed by atoms with Gasteiger partial charge in [-0.2, -0.15) is 0 Å². The van der Waals surface area contributed by atoms with Crippen LogP contribution in [0.1, 0.15) is 27.2 Å². The SMILES string of the molecule is CCN(C(=O)NC(C)(C)CC(N)=O)C1COCC1C(=O)O. The minimum Gasteiger partial charge on any atom is -0.481 e. The number of carbonyl (C=O) groups is 3. The van der Waals surface area contributed by atoms with E-state index in [2.05, 4.69) is 5.32 Å². The lowest BCUT2D eigenvalue weighted by Crippen LogP contribution is -2.56. The van der Waals surface area contributed by atoms with Crippen molar-refractivity contribution < 1.29 is 24.2 Å². The van der Waals surface area contributed by atoms with Crippen LogP contribution in [-0.2, 0) is 14.3 Å². The summed E-state index contributed by atoms with van der Waals surface area (Å²) in [5.74, 6) is -2.24. The number of amides is 3. The monoisotopic (exact) mass is 301 g/mol. The summed E-state index contributed by atoms with van der Waals surface area (Å²) in [6.45, 7) is 5.75. The highest BCUT2D eigenvalue weighted by molar-refractivity contribution is 5.80. The third-order valence-corrected chi connectivity index (χ3v) is 3.43. The molecule has 1 aliphatic heterocycles. The predicted molar refractivity (Wildman–Crippen MR) is 74.5 cm³/mol. The maximum absolute atomic E-state index is 12.3. The summed E-state index contributed by atoms with van der Waals surface area (Å²) in [5.41, 5.74) is 4.35. The van der Waals surface area contributed by atoms with Gasteiger partial charge in [-0.25, -0.2) is 4.79 Å². The highest BCUT2D eigenvalue weighted by atomic mass is 16.5. The third-order valence-electron chi connectivity index (χ3n) is 3.43. The molecule has 0 radical (unpaired) electrons. The summed E-state index contributed by atoms with van der Waals surface area (Å²) in [4.78, 5) is 35.9. The van der Waals surface area contributed by atoms with Gasteiger partial charge >= 0.3 is 12.0 Å². The first-order valence-electron chi connectivity index (χ1n) is 6.85. The summed E-state index contributed by atoms with van der Waals surface area (Å²) >= 11 is 0. The highest BCUT2D eigenvalue weighted by Gasteiger charge is 2.40. The molecule has 2 unspecified atom stereocenters. The lowest BCUT2D eigenvalue weighted by Gasteiger charge is -2.33. The largest absolute Gasteiger partial charge is 0.481 e. The fourth-order valence-electron chi connectivity index (χ4n) is 2.46. The lowest BCUT2D eigenvalue weighted by atomic mass is 10.00. The number of nitrogens with zero attached hydrogens (tertiary/aromatic N) is 1. The van der Waals surface area contributed by atoms with Crippen LogP contribution in [-0.4, -0.2) is 59.3 Å². The molecule has 8 nitrogen and oxygen atoms in total. The Morgan fingerprint density at radius 1 is 1.38 bits per heavy atom. The van der Waals surface area contributed by atoms with Crippen molar-refractivity contribution in [1.82, 2.24) is 10.2 Å². The minimum absolute atomic E-state index is 0.000178. The molecule has 1 rings (SSSR count). The van der Waals surface area contributed by atoms with E-state index in [1.165, 1.54) is 4.90 Å². The molecule has 0 aliphatic carbocycles. The Labute approximate surface area is 123 Å². The van der Waals surface area contributed by atoms with Crippen LogP contribution in [0.25, 0.3) is 0 Å². The molecule has 0 aromatic rings. The van der Waals surface area contributed by atoms with Crippen LogP contribution in [0.3, 0.4) is 0 Å². The smallest absolute Gasteiger partial charge is 0.318 e. The van der Waals surface area contributed by atoms with E-state index in [1.807, 2.05) is 0 Å². The first-order chi connectivity index (χ1) is 9.68. The van der Waals surface area contributed by atoms with Crippen LogP contribution >= 0.6 is 0 Å². The van der Waals surface area contributed by atoms with Crippen LogP contribution in [0.5, 0.6) is 0 Å². The Morgan fingerprint density at radius 2 is 2.00 bits per heavy atom. The molecule has 1 saturated heterocycles. The summed E-state index contributed by atoms with van der Waals surface area (Å²) in [5, 5.41) is 11.9. The molecule has 0 aromatic heterocycles. The van der Waals surface area contributed by atoms with Crippen molar-refractivity contribution in [2.45, 2.75) is 38.8 Å². The van der Waals surface area contributed by atoms with Crippen LogP contribution < -0.4 is 11.1 Å². The predicted octanol–water partition coefficient (Wildman–Crippen LogP) is -0.228. The quantitative estimate of drug-likeness (QED) is 0.625. The van der Waals surface area contributed by atoms with Crippen molar-refractivity contribution in [3.8, 4) is 0 Å². The van der Waals surface area contributed by atoms with Gasteiger partial charge in [0, 0.05) is 18.5 Å². The normalized spacial score (nSPS) is 21.9. The molecule has 4 N–H and O–H groups in total. The van der Waals surface area contributed by atoms with Crippen molar-refractivity contribution in [2.75, 3.05) is 19.8 Å². The average molecular weight is 301 g/mol. The number of aliphatic carboxylic acids is 1. The molecule has 0 aromatic carbocycles. The van der Waals surface area contributed by atoms with E-state index in [0.29, 0.717) is 6.54 Å². The second-order valence-corrected chi connectivity index (χ2v) is 5.79. The number of carbonyl (C=O) groups excluding carboxylic acids is 2. The van der Waals surface area contributed by atoms with Gasteiger partial charge < -0.3 is 25.8 Å². The fourth-order valence-corrected chi connectivity index (χ4v) is 2.46. The Bertz CT molecular complexity index is 424. The molecule has 8 heteroatoms. The van der Waals surface area contributed by atoms with E-state index in [0.717, 1.165) is 0 Å². The van der Waals surface area contributed by atoms with Crippen molar-refractivity contribution in [3.63, 3.8) is 0 Å². The Hall–Kier alpha value is -1.83. The lowest BCUT2D eigenvalue weighted by molar-refractivity contribution is -0.142. The molecular weight excluding hydrogens is 278 g/mol. The zero-order valence-corrected chi connectivity index (χ0v) is 12.6. The standard InChI is InChI=1S/C13H23N3O5/c1-4-16(9-7-21-6-8(9)11(18)19)12(20)15-13(2,3)5-10(14)17/h8-9H,4-7H2,1-3H3,(H2,14,17)(H,15,20)(H,18,19). The number of primary amides is 1. The molecule has 120 valence electrons. The zero-order valence-electron chi connectivity index (χ0n) is 12.6. The molecular formula is C13H23N3O5. The topological polar surface area (TPSA) is 122 Å². The summed E-state index contributed by atoms with van der Waals surface area (Å²) in [6, 6.07) is -0.942. The number of carboxylic acids is 1. The molecule has 1 heterocycles. The van der Waals surface area contributed by atoms with Crippen LogP contribution in [0.4, 0.5) is 4.79 Å². The summed E-state index contributed by atoms with van der Waals surface area (Å²) in [7, 11) is 0. The molecule has 1 aliphatic rings. The molecule has 0 spiro atoms. The van der Waals surface area contributed by atoms with Gasteiger partial charge in [-0.1, -0.05) is 0 Å². The summed E-state index contributed by atoms with van der Waals surface area (Å²) < 4.78 is 5.18. The Morgan fingerprint density at radius 3 is 2.48 bits per heavy atom. The van der Waals surface area contributed by atoms with Crippen molar-refractivity contribution in [2.24, 2.45) is 11.7 Å². The molecule has 1 fully saturated rings. The number of nitrogens with one attached hydrogen (secondary N) is 1. The Kier molecular flexibility index (Phi) is 5.54. The van der Waals surface area contributed by atoms with Crippen LogP contribution in [0.15, 0.2) is 0 Å². The van der Waals surface area contributed by atoms with E-state index in [9.17, 15) is 14.4 Å². The van der Waals surface area contributed by atoms with Crippen molar-refractivity contribution in [1.29, 1.82) is 0 Å². The van der Waals surface area contributed by atoms with Gasteiger partial charge in [-0.05, 0) is 20.8 Å². The van der Waals surface area contributed by atoms with E-state index < -0.39 is 35.4 Å². The van der Waals surface area contributed by atoms with E-state index in [-0.39, 0.29) is 19.6 Å². The molecule has 0 saturated carbocycles. The van der Waals surface area contributed by atoms with E-state index in [1.54, 1.807) is 20.8 Å². The molecule has 21 heavy (non-hydrogen) atoms.